The van der Waals surface area contributed by atoms with E-state index in [2.05, 4.69) is 32.4 Å². The van der Waals surface area contributed by atoms with Crippen molar-refractivity contribution in [3.63, 3.8) is 0 Å². The van der Waals surface area contributed by atoms with Crippen LogP contribution in [-0.4, -0.2) is 77.1 Å². The summed E-state index contributed by atoms with van der Waals surface area (Å²) >= 11 is 0. The number of halogens is 1. The summed E-state index contributed by atoms with van der Waals surface area (Å²) in [5.74, 6) is -0.127. The molecule has 0 unspecified atom stereocenters. The van der Waals surface area contributed by atoms with Crippen LogP contribution < -0.4 is 10.1 Å². The lowest BCUT2D eigenvalue weighted by atomic mass is 10.2. The van der Waals surface area contributed by atoms with Crippen LogP contribution in [0.3, 0.4) is 0 Å². The van der Waals surface area contributed by atoms with E-state index >= 15 is 0 Å². The number of nitrogens with one attached hydrogen (secondary N) is 1. The van der Waals surface area contributed by atoms with E-state index < -0.39 is 5.82 Å². The third-order valence-electron chi connectivity index (χ3n) is 5.44. The quantitative estimate of drug-likeness (QED) is 0.545. The fourth-order valence-electron chi connectivity index (χ4n) is 3.54. The molecule has 4 rings (SSSR count). The fraction of sp³-hybridized carbons (Fsp3) is 0.348. The zero-order chi connectivity index (χ0) is 22.3. The van der Waals surface area contributed by atoms with Crippen LogP contribution in [0.1, 0.15) is 16.8 Å². The van der Waals surface area contributed by atoms with Crippen LogP contribution >= 0.6 is 0 Å². The largest absolute Gasteiger partial charge is 0.494 e. The van der Waals surface area contributed by atoms with Gasteiger partial charge in [-0.2, -0.15) is 10.2 Å². The number of carbonyl (C=O) groups is 1. The Balaban J connectivity index is 1.24. The number of rotatable bonds is 8. The van der Waals surface area contributed by atoms with Crippen molar-refractivity contribution in [3.05, 3.63) is 66.2 Å². The highest BCUT2D eigenvalue weighted by molar-refractivity contribution is 6.04. The van der Waals surface area contributed by atoms with E-state index in [0.29, 0.717) is 17.9 Å². The zero-order valence-electron chi connectivity index (χ0n) is 18.1. The van der Waals surface area contributed by atoms with Crippen LogP contribution in [-0.2, 0) is 0 Å². The molecule has 2 heterocycles. The first-order chi connectivity index (χ1) is 15.6. The fourth-order valence-corrected chi connectivity index (χ4v) is 3.54. The van der Waals surface area contributed by atoms with Crippen LogP contribution in [0.5, 0.6) is 5.75 Å². The summed E-state index contributed by atoms with van der Waals surface area (Å²) in [5.41, 5.74) is 1.03. The lowest BCUT2D eigenvalue weighted by Gasteiger charge is -2.32. The van der Waals surface area contributed by atoms with Crippen LogP contribution in [0.2, 0.25) is 0 Å². The molecule has 32 heavy (non-hydrogen) atoms. The van der Waals surface area contributed by atoms with Gasteiger partial charge in [0.2, 0.25) is 0 Å². The van der Waals surface area contributed by atoms with Gasteiger partial charge in [0.15, 0.2) is 5.82 Å². The first kappa shape index (κ1) is 21.9. The van der Waals surface area contributed by atoms with Gasteiger partial charge in [-0.3, -0.25) is 4.79 Å². The van der Waals surface area contributed by atoms with Crippen LogP contribution in [0, 0.1) is 5.82 Å². The van der Waals surface area contributed by atoms with Gasteiger partial charge < -0.3 is 19.9 Å². The number of nitrogens with zero attached hydrogens (tertiary/aromatic N) is 5. The number of ether oxygens (including phenoxy) is 1. The van der Waals surface area contributed by atoms with E-state index in [0.717, 1.165) is 44.9 Å². The molecule has 0 aliphatic carbocycles. The predicted molar refractivity (Wildman–Crippen MR) is 120 cm³/mol. The number of hydrogen-bond acceptors (Lipinski definition) is 6. The average Bonchev–Trinajstić information content (AvgIpc) is 3.33. The highest BCUT2D eigenvalue weighted by Gasteiger charge is 2.13. The molecule has 0 spiro atoms. The van der Waals surface area contributed by atoms with Gasteiger partial charge in [0.05, 0.1) is 19.0 Å². The summed E-state index contributed by atoms with van der Waals surface area (Å²) in [6.07, 6.45) is 3.90. The summed E-state index contributed by atoms with van der Waals surface area (Å²) in [5, 5.41) is 10.5. The molecule has 1 aromatic heterocycles. The summed E-state index contributed by atoms with van der Waals surface area (Å²) in [6.45, 7) is 6.10. The number of hydrogen-bond donors (Lipinski definition) is 1. The van der Waals surface area contributed by atoms with E-state index in [9.17, 15) is 9.18 Å². The lowest BCUT2D eigenvalue weighted by molar-refractivity contribution is 0.102. The van der Waals surface area contributed by atoms with Gasteiger partial charge in [-0.05, 0) is 55.9 Å². The van der Waals surface area contributed by atoms with E-state index in [-0.39, 0.29) is 11.6 Å². The smallest absolute Gasteiger partial charge is 0.255 e. The molecule has 0 atom stereocenters. The van der Waals surface area contributed by atoms with E-state index in [4.69, 9.17) is 4.74 Å². The normalized spacial score (nSPS) is 14.9. The number of anilines is 1. The standard InChI is InChI=1S/C23H27FN6O2/c1-28-12-14-29(15-13-28)11-2-16-32-20-6-3-18(4-7-20)23(31)27-19-5-8-22(21(24)17-19)30-25-9-10-26-30/h3-10,17H,2,11-16H2,1H3,(H,27,31). The topological polar surface area (TPSA) is 75.5 Å². The lowest BCUT2D eigenvalue weighted by Crippen LogP contribution is -2.44. The van der Waals surface area contributed by atoms with Gasteiger partial charge in [-0.25, -0.2) is 4.39 Å². The minimum atomic E-state index is -0.528. The van der Waals surface area contributed by atoms with E-state index in [1.165, 1.54) is 29.3 Å². The van der Waals surface area contributed by atoms with Gasteiger partial charge >= 0.3 is 0 Å². The summed E-state index contributed by atoms with van der Waals surface area (Å²) < 4.78 is 20.1. The van der Waals surface area contributed by atoms with Crippen LogP contribution in [0.4, 0.5) is 10.1 Å². The molecule has 8 nitrogen and oxygen atoms in total. The molecular formula is C23H27FN6O2. The predicted octanol–water partition coefficient (Wildman–Crippen LogP) is 2.68. The van der Waals surface area contributed by atoms with Crippen molar-refractivity contribution in [2.45, 2.75) is 6.42 Å². The number of amides is 1. The van der Waals surface area contributed by atoms with Gasteiger partial charge in [0, 0.05) is 44.0 Å². The molecule has 1 aliphatic heterocycles. The van der Waals surface area contributed by atoms with E-state index in [1.807, 2.05) is 0 Å². The molecule has 2 aromatic carbocycles. The molecule has 1 N–H and O–H groups in total. The second kappa shape index (κ2) is 10.3. The summed E-state index contributed by atoms with van der Waals surface area (Å²) in [4.78, 5) is 18.5. The van der Waals surface area contributed by atoms with Gasteiger partial charge in [0.25, 0.3) is 5.91 Å². The molecule has 1 fully saturated rings. The Morgan fingerprint density at radius 3 is 2.47 bits per heavy atom. The number of likely N-dealkylation sites (N-methyl/N-ethyl adjacent to an activating group) is 1. The second-order valence-corrected chi connectivity index (χ2v) is 7.81. The van der Waals surface area contributed by atoms with Crippen molar-refractivity contribution in [2.75, 3.05) is 51.7 Å². The van der Waals surface area contributed by atoms with Crippen molar-refractivity contribution in [1.82, 2.24) is 24.8 Å². The number of piperazine rings is 1. The molecular weight excluding hydrogens is 411 g/mol. The average molecular weight is 439 g/mol. The van der Waals surface area contributed by atoms with Gasteiger partial charge in [-0.15, -0.1) is 4.80 Å². The van der Waals surface area contributed by atoms with Crippen LogP contribution in [0.25, 0.3) is 5.69 Å². The maximum Gasteiger partial charge on any atom is 0.255 e. The Morgan fingerprint density at radius 1 is 1.06 bits per heavy atom. The zero-order valence-corrected chi connectivity index (χ0v) is 18.1. The first-order valence-electron chi connectivity index (χ1n) is 10.7. The Morgan fingerprint density at radius 2 is 1.78 bits per heavy atom. The van der Waals surface area contributed by atoms with Gasteiger partial charge in [0.1, 0.15) is 11.4 Å². The minimum absolute atomic E-state index is 0.210. The maximum atomic E-state index is 14.3. The third-order valence-corrected chi connectivity index (χ3v) is 5.44. The monoisotopic (exact) mass is 438 g/mol. The molecule has 168 valence electrons. The molecule has 1 saturated heterocycles. The molecule has 1 aliphatic rings. The Kier molecular flexibility index (Phi) is 7.08. The Bertz CT molecular complexity index is 1020. The van der Waals surface area contributed by atoms with Crippen molar-refractivity contribution < 1.29 is 13.9 Å². The maximum absolute atomic E-state index is 14.3. The Hall–Kier alpha value is -3.30. The minimum Gasteiger partial charge on any atom is -0.494 e. The first-order valence-corrected chi connectivity index (χ1v) is 10.7. The second-order valence-electron chi connectivity index (χ2n) is 7.81. The van der Waals surface area contributed by atoms with Gasteiger partial charge in [-0.1, -0.05) is 0 Å². The molecule has 0 bridgehead atoms. The van der Waals surface area contributed by atoms with Crippen molar-refractivity contribution >= 4 is 11.6 Å². The SMILES string of the molecule is CN1CCN(CCCOc2ccc(C(=O)Nc3ccc(-n4nccn4)c(F)c3)cc2)CC1. The van der Waals surface area contributed by atoms with Crippen LogP contribution in [0.15, 0.2) is 54.9 Å². The highest BCUT2D eigenvalue weighted by Crippen LogP contribution is 2.19. The van der Waals surface area contributed by atoms with Crippen molar-refractivity contribution in [1.29, 1.82) is 0 Å². The summed E-state index contributed by atoms with van der Waals surface area (Å²) in [7, 11) is 2.15. The van der Waals surface area contributed by atoms with Crippen molar-refractivity contribution in [2.24, 2.45) is 0 Å². The molecule has 0 radical (unpaired) electrons. The molecule has 3 aromatic rings. The molecule has 0 saturated carbocycles. The number of carbonyl (C=O) groups excluding carboxylic acids is 1. The number of benzene rings is 2. The number of aromatic nitrogens is 3. The highest BCUT2D eigenvalue weighted by atomic mass is 19.1. The van der Waals surface area contributed by atoms with Crippen molar-refractivity contribution in [3.8, 4) is 11.4 Å². The van der Waals surface area contributed by atoms with E-state index in [1.54, 1.807) is 30.3 Å². The summed E-state index contributed by atoms with van der Waals surface area (Å²) in [6, 6.07) is 11.3. The molecule has 1 amide bonds. The third kappa shape index (κ3) is 5.68. The molecule has 9 heteroatoms. The Labute approximate surface area is 186 Å².